The number of benzene rings is 1. The Labute approximate surface area is 238 Å². The van der Waals surface area contributed by atoms with E-state index in [-0.39, 0.29) is 15.7 Å². The van der Waals surface area contributed by atoms with Gasteiger partial charge in [-0.3, -0.25) is 9.89 Å². The number of halogens is 4. The van der Waals surface area contributed by atoms with Crippen LogP contribution in [0.5, 0.6) is 0 Å². The molecule has 1 saturated heterocycles. The minimum absolute atomic E-state index is 0.0754. The topological polar surface area (TPSA) is 69.2 Å². The molecule has 0 aliphatic carbocycles. The number of anilines is 1. The summed E-state index contributed by atoms with van der Waals surface area (Å²) in [5.74, 6) is -0.704. The van der Waals surface area contributed by atoms with Crippen molar-refractivity contribution < 1.29 is 17.6 Å². The van der Waals surface area contributed by atoms with Crippen molar-refractivity contribution in [2.45, 2.75) is 51.5 Å². The van der Waals surface area contributed by atoms with E-state index >= 15 is 0 Å². The van der Waals surface area contributed by atoms with E-state index in [0.29, 0.717) is 29.9 Å². The van der Waals surface area contributed by atoms with Crippen molar-refractivity contribution in [3.63, 3.8) is 0 Å². The van der Waals surface area contributed by atoms with Crippen LogP contribution in [0, 0.1) is 24.2 Å². The Hall–Kier alpha value is -3.75. The molecule has 1 fully saturated rings. The van der Waals surface area contributed by atoms with Crippen LogP contribution in [0.1, 0.15) is 34.5 Å². The van der Waals surface area contributed by atoms with Crippen LogP contribution in [-0.2, 0) is 19.5 Å². The van der Waals surface area contributed by atoms with Gasteiger partial charge in [0.2, 0.25) is 5.95 Å². The molecule has 0 atom stereocenters. The predicted octanol–water partition coefficient (Wildman–Crippen LogP) is 6.76. The Morgan fingerprint density at radius 2 is 1.93 bits per heavy atom. The summed E-state index contributed by atoms with van der Waals surface area (Å²) in [6.45, 7) is 5.84. The van der Waals surface area contributed by atoms with Gasteiger partial charge in [0, 0.05) is 64.8 Å². The quantitative estimate of drug-likeness (QED) is 0.194. The molecule has 2 aliphatic heterocycles. The summed E-state index contributed by atoms with van der Waals surface area (Å²) in [5.41, 5.74) is 5.64. The third kappa shape index (κ3) is 5.85. The number of fused-ring (bicyclic) bond motifs is 2. The van der Waals surface area contributed by atoms with Gasteiger partial charge < -0.3 is 9.88 Å². The molecule has 4 aromatic rings. The van der Waals surface area contributed by atoms with Crippen LogP contribution in [0.2, 0.25) is 0 Å². The fourth-order valence-corrected chi connectivity index (χ4v) is 6.84. The van der Waals surface area contributed by atoms with E-state index in [2.05, 4.69) is 51.4 Å². The lowest BCUT2D eigenvalue weighted by Gasteiger charge is -2.33. The maximum absolute atomic E-state index is 14.2. The lowest BCUT2D eigenvalue weighted by molar-refractivity contribution is -0.126. The summed E-state index contributed by atoms with van der Waals surface area (Å²) in [6, 6.07) is 11.4. The minimum atomic E-state index is -4.33. The Bertz CT molecular complexity index is 1720. The first-order chi connectivity index (χ1) is 19.7. The smallest absolute Gasteiger partial charge is 0.382 e. The lowest BCUT2D eigenvalue weighted by Crippen LogP contribution is -2.38. The number of thiophene rings is 1. The number of pyridine rings is 1. The van der Waals surface area contributed by atoms with Crippen molar-refractivity contribution >= 4 is 44.4 Å². The van der Waals surface area contributed by atoms with Crippen LogP contribution < -0.4 is 5.32 Å². The molecule has 1 N–H and O–H groups in total. The summed E-state index contributed by atoms with van der Waals surface area (Å²) in [4.78, 5) is 10.8. The molecule has 212 valence electrons. The van der Waals surface area contributed by atoms with Gasteiger partial charge in [0.05, 0.1) is 19.5 Å². The van der Waals surface area contributed by atoms with Crippen LogP contribution in [0.3, 0.4) is 0 Å². The van der Waals surface area contributed by atoms with Crippen LogP contribution in [-0.4, -0.2) is 52.5 Å². The number of hydrogen-bond donors (Lipinski definition) is 1. The number of piperidine rings is 1. The van der Waals surface area contributed by atoms with Crippen molar-refractivity contribution in [1.82, 2.24) is 14.5 Å². The highest BCUT2D eigenvalue weighted by atomic mass is 32.1. The van der Waals surface area contributed by atoms with Crippen LogP contribution in [0.4, 0.5) is 23.2 Å². The fourth-order valence-electron chi connectivity index (χ4n) is 5.77. The molecule has 1 aromatic carbocycles. The largest absolute Gasteiger partial charge is 0.393 e. The average Bonchev–Trinajstić information content (AvgIpc) is 3.65. The molecule has 2 aliphatic rings. The molecule has 3 aromatic heterocycles. The number of allylic oxidation sites excluding steroid dienone is 1. The summed E-state index contributed by atoms with van der Waals surface area (Å²) in [7, 11) is 0. The SMILES string of the molecule is Cc1c(CN2CCC(Nc3cc(F)nc4sc(CC(F)(F)F)cc34)CC2)ccc2c1cc(C#N)n2CC1=CCN=C1. The number of alkyl halides is 3. The maximum Gasteiger partial charge on any atom is 0.393 e. The van der Waals surface area contributed by atoms with Gasteiger partial charge >= 0.3 is 6.18 Å². The number of rotatable bonds is 7. The van der Waals surface area contributed by atoms with Crippen molar-refractivity contribution in [2.75, 3.05) is 25.0 Å². The molecule has 0 saturated carbocycles. The molecular weight excluding hydrogens is 552 g/mol. The minimum Gasteiger partial charge on any atom is -0.382 e. The number of likely N-dealkylation sites (tertiary alicyclic amines) is 1. The third-order valence-corrected chi connectivity index (χ3v) is 8.91. The number of aliphatic imine (C=N–C) groups is 1. The number of hydrogen-bond acceptors (Lipinski definition) is 6. The van der Waals surface area contributed by atoms with Gasteiger partial charge in [-0.1, -0.05) is 12.1 Å². The van der Waals surface area contributed by atoms with Gasteiger partial charge in [-0.2, -0.15) is 22.8 Å². The van der Waals surface area contributed by atoms with E-state index in [1.807, 2.05) is 16.8 Å². The first kappa shape index (κ1) is 27.4. The predicted molar refractivity (Wildman–Crippen MR) is 154 cm³/mol. The molecule has 11 heteroatoms. The molecule has 6 nitrogen and oxygen atoms in total. The number of aryl methyl sites for hydroxylation is 1. The number of nitrogens with zero attached hydrogens (tertiary/aromatic N) is 5. The molecule has 0 unspecified atom stereocenters. The summed E-state index contributed by atoms with van der Waals surface area (Å²) in [5, 5.41) is 14.7. The highest BCUT2D eigenvalue weighted by Crippen LogP contribution is 2.35. The molecular formula is C30H28F4N6S. The summed E-state index contributed by atoms with van der Waals surface area (Å²) >= 11 is 0.882. The zero-order chi connectivity index (χ0) is 28.7. The Kier molecular flexibility index (Phi) is 7.30. The van der Waals surface area contributed by atoms with Gasteiger partial charge in [-0.25, -0.2) is 4.98 Å². The Balaban J connectivity index is 1.13. The zero-order valence-electron chi connectivity index (χ0n) is 22.4. The van der Waals surface area contributed by atoms with E-state index in [1.165, 1.54) is 17.7 Å². The van der Waals surface area contributed by atoms with Gasteiger partial charge in [-0.05, 0) is 54.7 Å². The Morgan fingerprint density at radius 3 is 2.63 bits per heavy atom. The van der Waals surface area contributed by atoms with Crippen molar-refractivity contribution in [1.29, 1.82) is 5.26 Å². The molecule has 6 rings (SSSR count). The zero-order valence-corrected chi connectivity index (χ0v) is 23.2. The average molecular weight is 581 g/mol. The van der Waals surface area contributed by atoms with E-state index in [0.717, 1.165) is 65.9 Å². The second-order valence-corrected chi connectivity index (χ2v) is 11.8. The van der Waals surface area contributed by atoms with E-state index < -0.39 is 18.5 Å². The first-order valence-corrected chi connectivity index (χ1v) is 14.3. The van der Waals surface area contributed by atoms with Gasteiger partial charge in [-0.15, -0.1) is 11.3 Å². The molecule has 0 amide bonds. The van der Waals surface area contributed by atoms with Crippen LogP contribution >= 0.6 is 11.3 Å². The standard InChI is InChI=1S/C30H28F4N6S/c1-18-20(2-3-27-24(18)10-22(14-35)40(27)16-19-4-7-36-15-19)17-39-8-5-21(6-9-39)37-26-12-28(31)38-29-25(26)11-23(41-29)13-30(32,33)34/h2-4,10-12,15,21H,5-9,13,16-17H2,1H3,(H,37,38). The van der Waals surface area contributed by atoms with Gasteiger partial charge in [0.25, 0.3) is 0 Å². The van der Waals surface area contributed by atoms with Crippen molar-refractivity contribution in [3.05, 3.63) is 69.6 Å². The second-order valence-electron chi connectivity index (χ2n) is 10.7. The number of aromatic nitrogens is 2. The second kappa shape index (κ2) is 10.9. The maximum atomic E-state index is 14.2. The van der Waals surface area contributed by atoms with E-state index in [4.69, 9.17) is 0 Å². The van der Waals surface area contributed by atoms with Gasteiger partial charge in [0.1, 0.15) is 16.6 Å². The van der Waals surface area contributed by atoms with E-state index in [9.17, 15) is 22.8 Å². The molecule has 0 radical (unpaired) electrons. The monoisotopic (exact) mass is 580 g/mol. The van der Waals surface area contributed by atoms with Crippen LogP contribution in [0.15, 0.2) is 47.0 Å². The summed E-state index contributed by atoms with van der Waals surface area (Å²) in [6.07, 6.45) is 0.204. The van der Waals surface area contributed by atoms with Crippen molar-refractivity contribution in [3.8, 4) is 6.07 Å². The highest BCUT2D eigenvalue weighted by molar-refractivity contribution is 7.18. The number of nitrogens with one attached hydrogen (secondary N) is 1. The summed E-state index contributed by atoms with van der Waals surface area (Å²) < 4.78 is 54.9. The van der Waals surface area contributed by atoms with Crippen molar-refractivity contribution in [2.24, 2.45) is 4.99 Å². The Morgan fingerprint density at radius 1 is 1.12 bits per heavy atom. The van der Waals surface area contributed by atoms with E-state index in [1.54, 1.807) is 0 Å². The first-order valence-electron chi connectivity index (χ1n) is 13.5. The normalized spacial score (nSPS) is 16.5. The molecule has 0 spiro atoms. The van der Waals surface area contributed by atoms with Gasteiger partial charge in [0.15, 0.2) is 0 Å². The molecule has 5 heterocycles. The molecule has 41 heavy (non-hydrogen) atoms. The molecule has 0 bridgehead atoms. The highest BCUT2D eigenvalue weighted by Gasteiger charge is 2.29. The number of nitriles is 1. The fraction of sp³-hybridized carbons (Fsp3) is 0.367. The third-order valence-electron chi connectivity index (χ3n) is 7.88. The lowest BCUT2D eigenvalue weighted by atomic mass is 10.0. The van der Waals surface area contributed by atoms with Crippen LogP contribution in [0.25, 0.3) is 21.1 Å².